The van der Waals surface area contributed by atoms with Gasteiger partial charge in [0.1, 0.15) is 16.4 Å². The summed E-state index contributed by atoms with van der Waals surface area (Å²) in [5.74, 6) is -1.63. The SMILES string of the molecule is O=C(O)[C@@H]1CS[C@H](c2ccccc2Cl)N1C(=O)c1ccc(Cl)c([N+](=O)[O-])c1. The number of nitrogens with zero attached hydrogens (tertiary/aromatic N) is 2. The highest BCUT2D eigenvalue weighted by molar-refractivity contribution is 7.99. The summed E-state index contributed by atoms with van der Waals surface area (Å²) >= 11 is 13.3. The Balaban J connectivity index is 2.05. The molecule has 0 spiro atoms. The van der Waals surface area contributed by atoms with Crippen LogP contribution in [0.5, 0.6) is 0 Å². The molecular weight excluding hydrogens is 415 g/mol. The molecule has 1 amide bonds. The van der Waals surface area contributed by atoms with Crippen LogP contribution in [0.4, 0.5) is 5.69 Å². The summed E-state index contributed by atoms with van der Waals surface area (Å²) in [4.78, 5) is 36.4. The van der Waals surface area contributed by atoms with Crippen LogP contribution < -0.4 is 0 Å². The molecule has 1 N–H and O–H groups in total. The van der Waals surface area contributed by atoms with Gasteiger partial charge in [0.25, 0.3) is 11.6 Å². The molecule has 1 heterocycles. The molecule has 1 saturated heterocycles. The molecule has 2 aromatic carbocycles. The van der Waals surface area contributed by atoms with Crippen LogP contribution in [0.1, 0.15) is 21.3 Å². The lowest BCUT2D eigenvalue weighted by Gasteiger charge is -2.28. The number of carbonyl (C=O) groups excluding carboxylic acids is 1. The summed E-state index contributed by atoms with van der Waals surface area (Å²) in [5, 5.41) is 20.3. The molecule has 1 aliphatic heterocycles. The molecule has 0 bridgehead atoms. The van der Waals surface area contributed by atoms with Crippen LogP contribution in [0.15, 0.2) is 42.5 Å². The topological polar surface area (TPSA) is 101 Å². The molecule has 0 radical (unpaired) electrons. The highest BCUT2D eigenvalue weighted by Crippen LogP contribution is 2.44. The van der Waals surface area contributed by atoms with E-state index in [4.69, 9.17) is 23.2 Å². The number of hydrogen-bond acceptors (Lipinski definition) is 5. The van der Waals surface area contributed by atoms with Gasteiger partial charge in [0, 0.05) is 28.0 Å². The quantitative estimate of drug-likeness (QED) is 0.579. The number of carboxylic acids is 1. The van der Waals surface area contributed by atoms with E-state index in [9.17, 15) is 24.8 Å². The van der Waals surface area contributed by atoms with Crippen molar-refractivity contribution in [2.45, 2.75) is 11.4 Å². The zero-order valence-electron chi connectivity index (χ0n) is 13.5. The zero-order valence-corrected chi connectivity index (χ0v) is 15.9. The van der Waals surface area contributed by atoms with E-state index in [1.807, 2.05) is 0 Å². The molecule has 0 aromatic heterocycles. The van der Waals surface area contributed by atoms with Crippen LogP contribution in [0.25, 0.3) is 0 Å². The third-order valence-corrected chi connectivity index (χ3v) is 6.05. The summed E-state index contributed by atoms with van der Waals surface area (Å²) in [6, 6.07) is 9.39. The van der Waals surface area contributed by atoms with Crippen molar-refractivity contribution < 1.29 is 19.6 Å². The van der Waals surface area contributed by atoms with Gasteiger partial charge in [0.2, 0.25) is 0 Å². The van der Waals surface area contributed by atoms with Crippen LogP contribution in [0.2, 0.25) is 10.0 Å². The number of thioether (sulfide) groups is 1. The zero-order chi connectivity index (χ0) is 19.7. The van der Waals surface area contributed by atoms with E-state index in [1.165, 1.54) is 28.8 Å². The van der Waals surface area contributed by atoms with Crippen molar-refractivity contribution >= 4 is 52.5 Å². The number of nitro groups is 1. The van der Waals surface area contributed by atoms with Crippen molar-refractivity contribution in [1.29, 1.82) is 0 Å². The number of benzene rings is 2. The van der Waals surface area contributed by atoms with E-state index < -0.39 is 33.9 Å². The van der Waals surface area contributed by atoms with Gasteiger partial charge in [-0.1, -0.05) is 41.4 Å². The van der Waals surface area contributed by atoms with Crippen LogP contribution in [-0.2, 0) is 4.79 Å². The van der Waals surface area contributed by atoms with Gasteiger partial charge in [-0.3, -0.25) is 14.9 Å². The molecule has 140 valence electrons. The van der Waals surface area contributed by atoms with Gasteiger partial charge in [-0.2, -0.15) is 0 Å². The van der Waals surface area contributed by atoms with E-state index in [0.717, 1.165) is 6.07 Å². The third-order valence-electron chi connectivity index (χ3n) is 4.08. The second kappa shape index (κ2) is 7.75. The molecule has 27 heavy (non-hydrogen) atoms. The van der Waals surface area contributed by atoms with Crippen molar-refractivity contribution in [3.05, 3.63) is 73.8 Å². The summed E-state index contributed by atoms with van der Waals surface area (Å²) < 4.78 is 0. The van der Waals surface area contributed by atoms with Crippen LogP contribution in [0, 0.1) is 10.1 Å². The minimum atomic E-state index is -1.16. The van der Waals surface area contributed by atoms with E-state index in [2.05, 4.69) is 0 Å². The average Bonchev–Trinajstić information content (AvgIpc) is 3.06. The second-order valence-electron chi connectivity index (χ2n) is 5.70. The maximum atomic E-state index is 13.1. The fourth-order valence-corrected chi connectivity index (χ4v) is 4.74. The Morgan fingerprint density at radius 1 is 1.19 bits per heavy atom. The maximum Gasteiger partial charge on any atom is 0.327 e. The monoisotopic (exact) mass is 426 g/mol. The van der Waals surface area contributed by atoms with Gasteiger partial charge in [-0.15, -0.1) is 11.8 Å². The first-order valence-electron chi connectivity index (χ1n) is 7.66. The van der Waals surface area contributed by atoms with Gasteiger partial charge in [0.05, 0.1) is 4.92 Å². The fourth-order valence-electron chi connectivity index (χ4n) is 2.79. The Hall–Kier alpha value is -2.29. The number of amides is 1. The lowest BCUT2D eigenvalue weighted by atomic mass is 10.1. The van der Waals surface area contributed by atoms with Crippen LogP contribution >= 0.6 is 35.0 Å². The Kier molecular flexibility index (Phi) is 5.59. The Bertz CT molecular complexity index is 939. The number of carbonyl (C=O) groups is 2. The van der Waals surface area contributed by atoms with Crippen molar-refractivity contribution in [2.75, 3.05) is 5.75 Å². The average molecular weight is 427 g/mol. The summed E-state index contributed by atoms with van der Waals surface area (Å²) in [5.41, 5.74) is 0.164. The van der Waals surface area contributed by atoms with Gasteiger partial charge in [-0.25, -0.2) is 4.79 Å². The van der Waals surface area contributed by atoms with E-state index in [-0.39, 0.29) is 16.3 Å². The second-order valence-corrected chi connectivity index (χ2v) is 7.62. The molecule has 10 heteroatoms. The van der Waals surface area contributed by atoms with E-state index in [1.54, 1.807) is 24.3 Å². The van der Waals surface area contributed by atoms with Crippen molar-refractivity contribution in [1.82, 2.24) is 4.90 Å². The first-order valence-corrected chi connectivity index (χ1v) is 9.47. The minimum Gasteiger partial charge on any atom is -0.480 e. The smallest absolute Gasteiger partial charge is 0.327 e. The molecule has 1 aliphatic rings. The largest absolute Gasteiger partial charge is 0.480 e. The Morgan fingerprint density at radius 2 is 1.89 bits per heavy atom. The van der Waals surface area contributed by atoms with Crippen LogP contribution in [0.3, 0.4) is 0 Å². The molecular formula is C17H12Cl2N2O5S. The number of halogens is 2. The highest BCUT2D eigenvalue weighted by atomic mass is 35.5. The number of nitro benzene ring substituents is 1. The molecule has 1 fully saturated rings. The predicted octanol–water partition coefficient (Wildman–Crippen LogP) is 4.24. The minimum absolute atomic E-state index is 0.0168. The van der Waals surface area contributed by atoms with Gasteiger partial charge in [0.15, 0.2) is 0 Å². The van der Waals surface area contributed by atoms with Gasteiger partial charge < -0.3 is 10.0 Å². The number of aliphatic carboxylic acids is 1. The van der Waals surface area contributed by atoms with Crippen molar-refractivity contribution in [3.8, 4) is 0 Å². The first kappa shape index (κ1) is 19.5. The summed E-state index contributed by atoms with van der Waals surface area (Å²) in [6.45, 7) is 0. The van der Waals surface area contributed by atoms with E-state index in [0.29, 0.717) is 10.6 Å². The number of rotatable bonds is 4. The lowest BCUT2D eigenvalue weighted by Crippen LogP contribution is -2.43. The molecule has 0 saturated carbocycles. The maximum absolute atomic E-state index is 13.1. The normalized spacial score (nSPS) is 19.1. The van der Waals surface area contributed by atoms with Crippen LogP contribution in [-0.4, -0.2) is 38.6 Å². The van der Waals surface area contributed by atoms with Crippen molar-refractivity contribution in [2.24, 2.45) is 0 Å². The highest BCUT2D eigenvalue weighted by Gasteiger charge is 2.43. The molecule has 2 aromatic rings. The summed E-state index contributed by atoms with van der Waals surface area (Å²) in [7, 11) is 0. The molecule has 3 rings (SSSR count). The number of hydrogen-bond donors (Lipinski definition) is 1. The Morgan fingerprint density at radius 3 is 2.52 bits per heavy atom. The molecule has 0 aliphatic carbocycles. The fraction of sp³-hybridized carbons (Fsp3) is 0.176. The summed E-state index contributed by atoms with van der Waals surface area (Å²) in [6.07, 6.45) is 0. The lowest BCUT2D eigenvalue weighted by molar-refractivity contribution is -0.384. The Labute approximate surface area is 168 Å². The molecule has 2 atom stereocenters. The molecule has 0 unspecified atom stereocenters. The third kappa shape index (κ3) is 3.73. The number of carboxylic acid groups (broad SMARTS) is 1. The first-order chi connectivity index (χ1) is 12.8. The standard InChI is InChI=1S/C17H12Cl2N2O5S/c18-11-4-2-1-3-10(11)16-20(14(8-27-16)17(23)24)15(22)9-5-6-12(19)13(7-9)21(25)26/h1-7,14,16H,8H2,(H,23,24)/t14-,16+/m0/s1. The predicted molar refractivity (Wildman–Crippen MR) is 102 cm³/mol. The van der Waals surface area contributed by atoms with Gasteiger partial charge >= 0.3 is 5.97 Å². The van der Waals surface area contributed by atoms with Crippen molar-refractivity contribution in [3.63, 3.8) is 0 Å². The van der Waals surface area contributed by atoms with E-state index >= 15 is 0 Å². The molecule has 7 nitrogen and oxygen atoms in total. The van der Waals surface area contributed by atoms with Gasteiger partial charge in [-0.05, 0) is 18.2 Å².